The molecule has 1 aliphatic rings. The van der Waals surface area contributed by atoms with Gasteiger partial charge in [0.05, 0.1) is 16.1 Å². The first-order valence-electron chi connectivity index (χ1n) is 9.12. The van der Waals surface area contributed by atoms with E-state index in [4.69, 9.17) is 0 Å². The summed E-state index contributed by atoms with van der Waals surface area (Å²) in [7, 11) is 0. The topological polar surface area (TPSA) is 81.3 Å². The van der Waals surface area contributed by atoms with Gasteiger partial charge in [-0.25, -0.2) is 0 Å². The van der Waals surface area contributed by atoms with Gasteiger partial charge in [-0.2, -0.15) is 16.4 Å². The summed E-state index contributed by atoms with van der Waals surface area (Å²) in [6.45, 7) is 4.37. The summed E-state index contributed by atoms with van der Waals surface area (Å²) in [5.74, 6) is -0.0698. The SMILES string of the molecule is O=C(NCCN1CCN(C(=O)c2ccsc2)CC1)c1cc(-c2cccs2)[nH]n1. The average molecular weight is 416 g/mol. The Balaban J connectivity index is 1.20. The number of nitrogens with zero attached hydrogens (tertiary/aromatic N) is 3. The van der Waals surface area contributed by atoms with Crippen molar-refractivity contribution in [3.8, 4) is 10.6 Å². The van der Waals surface area contributed by atoms with E-state index >= 15 is 0 Å². The van der Waals surface area contributed by atoms with Gasteiger partial charge in [-0.05, 0) is 29.0 Å². The molecule has 1 fully saturated rings. The van der Waals surface area contributed by atoms with Crippen LogP contribution in [-0.2, 0) is 0 Å². The highest BCUT2D eigenvalue weighted by Crippen LogP contribution is 2.22. The molecule has 0 aromatic carbocycles. The van der Waals surface area contributed by atoms with Gasteiger partial charge in [0.2, 0.25) is 0 Å². The fraction of sp³-hybridized carbons (Fsp3) is 0.316. The molecule has 146 valence electrons. The lowest BCUT2D eigenvalue weighted by Gasteiger charge is -2.34. The van der Waals surface area contributed by atoms with E-state index in [2.05, 4.69) is 20.4 Å². The number of H-pyrrole nitrogens is 1. The van der Waals surface area contributed by atoms with Crippen LogP contribution < -0.4 is 5.32 Å². The molecule has 4 heterocycles. The quantitative estimate of drug-likeness (QED) is 0.648. The number of amides is 2. The molecular formula is C19H21N5O2S2. The normalized spacial score (nSPS) is 14.9. The molecule has 0 bridgehead atoms. The molecule has 3 aromatic rings. The van der Waals surface area contributed by atoms with Crippen LogP contribution in [0.25, 0.3) is 10.6 Å². The second-order valence-electron chi connectivity index (χ2n) is 6.55. The fourth-order valence-corrected chi connectivity index (χ4v) is 4.48. The molecule has 2 amide bonds. The van der Waals surface area contributed by atoms with Gasteiger partial charge in [0, 0.05) is 44.6 Å². The third-order valence-corrected chi connectivity index (χ3v) is 6.32. The molecule has 1 saturated heterocycles. The molecular weight excluding hydrogens is 394 g/mol. The molecule has 9 heteroatoms. The van der Waals surface area contributed by atoms with Crippen LogP contribution >= 0.6 is 22.7 Å². The predicted octanol–water partition coefficient (Wildman–Crippen LogP) is 2.39. The molecule has 4 rings (SSSR count). The average Bonchev–Trinajstić information content (AvgIpc) is 3.50. The minimum absolute atomic E-state index is 0.106. The molecule has 0 unspecified atom stereocenters. The van der Waals surface area contributed by atoms with Gasteiger partial charge in [0.25, 0.3) is 11.8 Å². The monoisotopic (exact) mass is 415 g/mol. The third kappa shape index (κ3) is 4.32. The summed E-state index contributed by atoms with van der Waals surface area (Å²) in [4.78, 5) is 29.9. The van der Waals surface area contributed by atoms with Gasteiger partial charge in [-0.3, -0.25) is 19.6 Å². The molecule has 0 saturated carbocycles. The number of aromatic nitrogens is 2. The molecule has 2 N–H and O–H groups in total. The highest BCUT2D eigenvalue weighted by atomic mass is 32.1. The van der Waals surface area contributed by atoms with Gasteiger partial charge in [0.1, 0.15) is 0 Å². The van der Waals surface area contributed by atoms with Gasteiger partial charge in [0.15, 0.2) is 5.69 Å². The first-order chi connectivity index (χ1) is 13.7. The van der Waals surface area contributed by atoms with Crippen LogP contribution in [0.4, 0.5) is 0 Å². The Labute approximate surface area is 171 Å². The molecule has 1 aliphatic heterocycles. The summed E-state index contributed by atoms with van der Waals surface area (Å²) >= 11 is 3.14. The minimum atomic E-state index is -0.176. The predicted molar refractivity (Wildman–Crippen MR) is 111 cm³/mol. The maximum Gasteiger partial charge on any atom is 0.271 e. The number of thiophene rings is 2. The zero-order valence-electron chi connectivity index (χ0n) is 15.3. The van der Waals surface area contributed by atoms with Crippen LogP contribution in [0.3, 0.4) is 0 Å². The third-order valence-electron chi connectivity index (χ3n) is 4.74. The summed E-state index contributed by atoms with van der Waals surface area (Å²) in [5.41, 5.74) is 2.02. The van der Waals surface area contributed by atoms with E-state index in [9.17, 15) is 9.59 Å². The Hall–Kier alpha value is -2.49. The summed E-state index contributed by atoms with van der Waals surface area (Å²) in [5, 5.41) is 15.7. The van der Waals surface area contributed by atoms with E-state index in [-0.39, 0.29) is 11.8 Å². The number of hydrogen-bond acceptors (Lipinski definition) is 6. The Morgan fingerprint density at radius 3 is 2.75 bits per heavy atom. The molecule has 0 radical (unpaired) electrons. The van der Waals surface area contributed by atoms with Crippen molar-refractivity contribution in [1.29, 1.82) is 0 Å². The second-order valence-corrected chi connectivity index (χ2v) is 8.27. The molecule has 0 atom stereocenters. The van der Waals surface area contributed by atoms with E-state index in [0.717, 1.165) is 35.8 Å². The Morgan fingerprint density at radius 2 is 2.04 bits per heavy atom. The number of piperazine rings is 1. The summed E-state index contributed by atoms with van der Waals surface area (Å²) in [6.07, 6.45) is 0. The number of aromatic amines is 1. The van der Waals surface area contributed by atoms with E-state index in [1.165, 1.54) is 0 Å². The van der Waals surface area contributed by atoms with E-state index in [1.807, 2.05) is 39.2 Å². The van der Waals surface area contributed by atoms with Crippen molar-refractivity contribution in [2.24, 2.45) is 0 Å². The molecule has 0 aliphatic carbocycles. The van der Waals surface area contributed by atoms with Crippen LogP contribution in [-0.4, -0.2) is 71.1 Å². The lowest BCUT2D eigenvalue weighted by molar-refractivity contribution is 0.0638. The van der Waals surface area contributed by atoms with Crippen molar-refractivity contribution in [3.63, 3.8) is 0 Å². The van der Waals surface area contributed by atoms with Gasteiger partial charge in [-0.15, -0.1) is 11.3 Å². The fourth-order valence-electron chi connectivity index (χ4n) is 3.16. The number of rotatable bonds is 6. The first-order valence-corrected chi connectivity index (χ1v) is 10.9. The standard InChI is InChI=1S/C19H21N5O2S2/c25-18(16-12-15(21-22-16)17-2-1-10-28-17)20-4-5-23-6-8-24(9-7-23)19(26)14-3-11-27-13-14/h1-3,10-13H,4-9H2,(H,20,25)(H,21,22). The second kappa shape index (κ2) is 8.68. The Morgan fingerprint density at radius 1 is 1.18 bits per heavy atom. The highest BCUT2D eigenvalue weighted by molar-refractivity contribution is 7.13. The lowest BCUT2D eigenvalue weighted by atomic mass is 10.2. The number of nitrogens with one attached hydrogen (secondary N) is 2. The van der Waals surface area contributed by atoms with E-state index < -0.39 is 0 Å². The van der Waals surface area contributed by atoms with Crippen molar-refractivity contribution in [2.45, 2.75) is 0 Å². The van der Waals surface area contributed by atoms with Crippen molar-refractivity contribution in [1.82, 2.24) is 25.3 Å². The van der Waals surface area contributed by atoms with Gasteiger partial charge in [-0.1, -0.05) is 6.07 Å². The summed E-state index contributed by atoms with van der Waals surface area (Å²) < 4.78 is 0. The number of carbonyl (C=O) groups excluding carboxylic acids is 2. The smallest absolute Gasteiger partial charge is 0.271 e. The zero-order chi connectivity index (χ0) is 19.3. The Kier molecular flexibility index (Phi) is 5.84. The molecule has 3 aromatic heterocycles. The van der Waals surface area contributed by atoms with Crippen LogP contribution in [0.1, 0.15) is 20.8 Å². The highest BCUT2D eigenvalue weighted by Gasteiger charge is 2.22. The van der Waals surface area contributed by atoms with Gasteiger partial charge < -0.3 is 10.2 Å². The maximum absolute atomic E-state index is 12.4. The van der Waals surface area contributed by atoms with Crippen molar-refractivity contribution in [3.05, 3.63) is 51.7 Å². The van der Waals surface area contributed by atoms with Crippen LogP contribution in [0, 0.1) is 0 Å². The minimum Gasteiger partial charge on any atom is -0.349 e. The van der Waals surface area contributed by atoms with Crippen LogP contribution in [0.15, 0.2) is 40.4 Å². The lowest BCUT2D eigenvalue weighted by Crippen LogP contribution is -2.50. The molecule has 0 spiro atoms. The van der Waals surface area contributed by atoms with Crippen LogP contribution in [0.5, 0.6) is 0 Å². The van der Waals surface area contributed by atoms with Crippen molar-refractivity contribution in [2.75, 3.05) is 39.3 Å². The zero-order valence-corrected chi connectivity index (χ0v) is 16.9. The summed E-state index contributed by atoms with van der Waals surface area (Å²) in [6, 6.07) is 7.60. The number of carbonyl (C=O) groups is 2. The van der Waals surface area contributed by atoms with Gasteiger partial charge >= 0.3 is 0 Å². The largest absolute Gasteiger partial charge is 0.349 e. The van der Waals surface area contributed by atoms with E-state index in [0.29, 0.717) is 25.3 Å². The first kappa shape index (κ1) is 18.9. The molecule has 28 heavy (non-hydrogen) atoms. The van der Waals surface area contributed by atoms with Crippen molar-refractivity contribution < 1.29 is 9.59 Å². The van der Waals surface area contributed by atoms with E-state index in [1.54, 1.807) is 28.7 Å². The number of hydrogen-bond donors (Lipinski definition) is 2. The van der Waals surface area contributed by atoms with Crippen LogP contribution in [0.2, 0.25) is 0 Å². The molecule has 7 nitrogen and oxygen atoms in total. The van der Waals surface area contributed by atoms with Crippen molar-refractivity contribution >= 4 is 34.5 Å². The Bertz CT molecular complexity index is 912. The maximum atomic E-state index is 12.4.